The number of ether oxygens (including phenoxy) is 2. The Kier molecular flexibility index (Phi) is 9.97. The molecule has 5 aromatic rings. The zero-order valence-electron chi connectivity index (χ0n) is 28.1. The van der Waals surface area contributed by atoms with Crippen LogP contribution in [-0.2, 0) is 30.9 Å². The monoisotopic (exact) mass is 630 g/mol. The number of carbonyl (C=O) groups is 1. The van der Waals surface area contributed by atoms with Crippen LogP contribution in [0.25, 0.3) is 10.8 Å². The van der Waals surface area contributed by atoms with E-state index in [2.05, 4.69) is 107 Å². The fourth-order valence-corrected chi connectivity index (χ4v) is 11.1. The number of benzene rings is 5. The summed E-state index contributed by atoms with van der Waals surface area (Å²) in [6, 6.07) is 43.5. The normalized spacial score (nSPS) is 14.2. The number of methoxy groups -OCH3 is 1. The van der Waals surface area contributed by atoms with Crippen LogP contribution in [0, 0.1) is 5.92 Å². The molecule has 2 atom stereocenters. The largest absolute Gasteiger partial charge is 0.455 e. The minimum absolute atomic E-state index is 0.00610. The van der Waals surface area contributed by atoms with Gasteiger partial charge in [0.15, 0.2) is 5.60 Å². The molecule has 0 N–H and O–H groups in total. The summed E-state index contributed by atoms with van der Waals surface area (Å²) in [6.07, 6.45) is -0.504. The fourth-order valence-electron chi connectivity index (χ4n) is 6.62. The van der Waals surface area contributed by atoms with Crippen LogP contribution in [0.15, 0.2) is 127 Å². The Labute approximate surface area is 275 Å². The number of fused-ring (bicyclic) bond motifs is 1. The van der Waals surface area contributed by atoms with Gasteiger partial charge in [-0.15, -0.1) is 0 Å². The van der Waals surface area contributed by atoms with Gasteiger partial charge in [-0.1, -0.05) is 162 Å². The van der Waals surface area contributed by atoms with Crippen molar-refractivity contribution in [2.45, 2.75) is 64.9 Å². The van der Waals surface area contributed by atoms with Crippen LogP contribution in [0.4, 0.5) is 0 Å². The Hall–Kier alpha value is -4.03. The second kappa shape index (κ2) is 13.8. The third-order valence-electron chi connectivity index (χ3n) is 9.16. The summed E-state index contributed by atoms with van der Waals surface area (Å²) in [7, 11) is -1.21. The van der Waals surface area contributed by atoms with Gasteiger partial charge in [0.25, 0.3) is 8.32 Å². The summed E-state index contributed by atoms with van der Waals surface area (Å²) < 4.78 is 19.7. The van der Waals surface area contributed by atoms with Crippen LogP contribution in [0.3, 0.4) is 0 Å². The third kappa shape index (κ3) is 6.32. The van der Waals surface area contributed by atoms with Gasteiger partial charge in [-0.3, -0.25) is 0 Å². The van der Waals surface area contributed by atoms with Crippen molar-refractivity contribution < 1.29 is 18.7 Å². The molecular weight excluding hydrogens is 585 g/mol. The number of carbonyl (C=O) groups excluding carboxylic acids is 1. The maximum atomic E-state index is 14.2. The van der Waals surface area contributed by atoms with Crippen LogP contribution in [0.1, 0.15) is 64.3 Å². The van der Waals surface area contributed by atoms with E-state index >= 15 is 0 Å². The van der Waals surface area contributed by atoms with E-state index in [1.165, 1.54) is 10.4 Å². The molecule has 0 fully saturated rings. The highest BCUT2D eigenvalue weighted by molar-refractivity contribution is 6.99. The van der Waals surface area contributed by atoms with Crippen molar-refractivity contribution in [3.63, 3.8) is 0 Å². The molecule has 238 valence electrons. The maximum Gasteiger partial charge on any atom is 0.343 e. The van der Waals surface area contributed by atoms with Crippen molar-refractivity contribution in [3.8, 4) is 0 Å². The van der Waals surface area contributed by atoms with Crippen LogP contribution in [0.2, 0.25) is 5.04 Å². The molecule has 5 aromatic carbocycles. The molecule has 0 bridgehead atoms. The van der Waals surface area contributed by atoms with Gasteiger partial charge in [0.1, 0.15) is 6.10 Å². The maximum absolute atomic E-state index is 14.2. The van der Waals surface area contributed by atoms with Crippen molar-refractivity contribution in [1.29, 1.82) is 0 Å². The van der Waals surface area contributed by atoms with Crippen molar-refractivity contribution in [2.75, 3.05) is 7.11 Å². The molecule has 0 spiro atoms. The molecule has 0 aliphatic rings. The van der Waals surface area contributed by atoms with Crippen molar-refractivity contribution in [3.05, 3.63) is 144 Å². The van der Waals surface area contributed by atoms with E-state index in [1.54, 1.807) is 14.0 Å². The number of hydrogen-bond donors (Lipinski definition) is 0. The SMILES string of the molecule is CO[C@](C)(C(=O)OC(c1ccccc1CO[Si](c1ccccc1)(c1ccccc1)C(C)(C)C)C(C)C)c1cccc2ccccc12. The van der Waals surface area contributed by atoms with Crippen molar-refractivity contribution in [2.24, 2.45) is 5.92 Å². The van der Waals surface area contributed by atoms with Gasteiger partial charge in [0.05, 0.1) is 6.61 Å². The van der Waals surface area contributed by atoms with Gasteiger partial charge in [-0.05, 0) is 50.2 Å². The van der Waals surface area contributed by atoms with Crippen LogP contribution in [-0.4, -0.2) is 21.4 Å². The summed E-state index contributed by atoms with van der Waals surface area (Å²) in [6.45, 7) is 13.2. The van der Waals surface area contributed by atoms with Crippen LogP contribution in [0.5, 0.6) is 0 Å². The lowest BCUT2D eigenvalue weighted by Crippen LogP contribution is -2.66. The average molecular weight is 631 g/mol. The summed E-state index contributed by atoms with van der Waals surface area (Å²) in [5.41, 5.74) is 1.43. The fraction of sp³-hybridized carbons (Fsp3) is 0.293. The number of esters is 1. The molecule has 5 rings (SSSR count). The van der Waals surface area contributed by atoms with Crippen molar-refractivity contribution in [1.82, 2.24) is 0 Å². The zero-order valence-corrected chi connectivity index (χ0v) is 29.1. The van der Waals surface area contributed by atoms with Crippen molar-refractivity contribution >= 4 is 35.4 Å². The molecule has 5 heteroatoms. The molecule has 4 nitrogen and oxygen atoms in total. The molecule has 0 saturated heterocycles. The molecule has 0 aromatic heterocycles. The van der Waals surface area contributed by atoms with Gasteiger partial charge in [0, 0.05) is 12.7 Å². The minimum Gasteiger partial charge on any atom is -0.455 e. The van der Waals surface area contributed by atoms with E-state index in [4.69, 9.17) is 13.9 Å². The van der Waals surface area contributed by atoms with E-state index < -0.39 is 26.0 Å². The Bertz CT molecular complexity index is 1720. The first-order valence-electron chi connectivity index (χ1n) is 16.1. The van der Waals surface area contributed by atoms with Gasteiger partial charge in [-0.2, -0.15) is 0 Å². The van der Waals surface area contributed by atoms with Gasteiger partial charge in [0.2, 0.25) is 0 Å². The van der Waals surface area contributed by atoms with Crippen LogP contribution < -0.4 is 10.4 Å². The lowest BCUT2D eigenvalue weighted by atomic mass is 9.90. The third-order valence-corrected chi connectivity index (χ3v) is 14.1. The molecule has 0 amide bonds. The first kappa shape index (κ1) is 33.3. The minimum atomic E-state index is -2.78. The van der Waals surface area contributed by atoms with Gasteiger partial charge < -0.3 is 13.9 Å². The molecule has 0 heterocycles. The lowest BCUT2D eigenvalue weighted by Gasteiger charge is -2.43. The average Bonchev–Trinajstić information content (AvgIpc) is 3.07. The first-order chi connectivity index (χ1) is 22.0. The highest BCUT2D eigenvalue weighted by Crippen LogP contribution is 2.39. The zero-order chi connectivity index (χ0) is 33.0. The Morgan fingerprint density at radius 1 is 0.696 bits per heavy atom. The van der Waals surface area contributed by atoms with E-state index in [0.717, 1.165) is 27.5 Å². The summed E-state index contributed by atoms with van der Waals surface area (Å²) in [5, 5.41) is 4.30. The molecule has 0 saturated carbocycles. The molecule has 0 aliphatic carbocycles. The highest BCUT2D eigenvalue weighted by Gasteiger charge is 2.50. The number of hydrogen-bond acceptors (Lipinski definition) is 4. The topological polar surface area (TPSA) is 44.8 Å². The Morgan fingerprint density at radius 3 is 1.83 bits per heavy atom. The van der Waals surface area contributed by atoms with E-state index in [1.807, 2.05) is 54.6 Å². The predicted molar refractivity (Wildman–Crippen MR) is 191 cm³/mol. The van der Waals surface area contributed by atoms with Crippen LogP contribution >= 0.6 is 0 Å². The molecule has 0 radical (unpaired) electrons. The molecule has 46 heavy (non-hydrogen) atoms. The summed E-state index contributed by atoms with van der Waals surface area (Å²) >= 11 is 0. The summed E-state index contributed by atoms with van der Waals surface area (Å²) in [5.74, 6) is -0.417. The molecule has 0 aliphatic heterocycles. The Morgan fingerprint density at radius 2 is 1.24 bits per heavy atom. The molecule has 1 unspecified atom stereocenters. The number of rotatable bonds is 11. The van der Waals surface area contributed by atoms with Gasteiger partial charge in [-0.25, -0.2) is 4.79 Å². The second-order valence-corrected chi connectivity index (χ2v) is 17.8. The standard InChI is InChI=1S/C41H46O4Si/c1-30(2)38(45-39(42)41(6,43-7)37-28-18-21-31-19-14-16-26-35(31)37)36-27-17-15-20-32(36)29-44-46(40(3,4)5,33-22-10-8-11-23-33)34-24-12-9-13-25-34/h8-28,30,38H,29H2,1-7H3/t38?,41-/m0/s1. The van der Waals surface area contributed by atoms with Gasteiger partial charge >= 0.3 is 5.97 Å². The van der Waals surface area contributed by atoms with E-state index in [9.17, 15) is 4.79 Å². The predicted octanol–water partition coefficient (Wildman–Crippen LogP) is 8.72. The smallest absolute Gasteiger partial charge is 0.343 e. The highest BCUT2D eigenvalue weighted by atomic mass is 28.4. The van der Waals surface area contributed by atoms with E-state index in [-0.39, 0.29) is 11.0 Å². The summed E-state index contributed by atoms with van der Waals surface area (Å²) in [4.78, 5) is 14.2. The first-order valence-corrected chi connectivity index (χ1v) is 18.0. The van der Waals surface area contributed by atoms with E-state index in [0.29, 0.717) is 6.61 Å². The molecular formula is C41H46O4Si. The Balaban J connectivity index is 1.52. The second-order valence-electron chi connectivity index (χ2n) is 13.5. The lowest BCUT2D eigenvalue weighted by molar-refractivity contribution is -0.176. The quantitative estimate of drug-likeness (QED) is 0.108.